The first-order valence-corrected chi connectivity index (χ1v) is 9.84. The molecule has 0 saturated heterocycles. The Kier molecular flexibility index (Phi) is 6.15. The summed E-state index contributed by atoms with van der Waals surface area (Å²) in [4.78, 5) is 2.28. The first-order valence-electron chi connectivity index (χ1n) is 9.84. The highest BCUT2D eigenvalue weighted by molar-refractivity contribution is 5.18. The van der Waals surface area contributed by atoms with Crippen molar-refractivity contribution in [2.24, 2.45) is 0 Å². The van der Waals surface area contributed by atoms with Crippen molar-refractivity contribution in [3.8, 4) is 0 Å². The van der Waals surface area contributed by atoms with Crippen LogP contribution >= 0.6 is 0 Å². The normalized spacial score (nSPS) is 15.0. The van der Waals surface area contributed by atoms with Gasteiger partial charge in [0.15, 0.2) is 0 Å². The average molecular weight is 359 g/mol. The van der Waals surface area contributed by atoms with Crippen LogP contribution in [0.5, 0.6) is 0 Å². The van der Waals surface area contributed by atoms with E-state index in [1.807, 2.05) is 24.3 Å². The number of furan rings is 1. The van der Waals surface area contributed by atoms with Gasteiger partial charge in [-0.3, -0.25) is 4.90 Å². The zero-order chi connectivity index (χ0) is 18.6. The molecule has 0 atom stereocenters. The molecule has 0 bridgehead atoms. The third-order valence-electron chi connectivity index (χ3n) is 5.20. The molecule has 142 valence electrons. The molecule has 2 aromatic rings. The van der Waals surface area contributed by atoms with Gasteiger partial charge in [-0.25, -0.2) is 4.39 Å². The first kappa shape index (κ1) is 19.1. The van der Waals surface area contributed by atoms with Crippen molar-refractivity contribution >= 4 is 0 Å². The van der Waals surface area contributed by atoms with Crippen molar-refractivity contribution in [2.75, 3.05) is 0 Å². The van der Waals surface area contributed by atoms with Gasteiger partial charge in [0, 0.05) is 18.2 Å². The van der Waals surface area contributed by atoms with E-state index in [4.69, 9.17) is 4.42 Å². The molecule has 1 aromatic carbocycles. The van der Waals surface area contributed by atoms with Crippen LogP contribution in [-0.4, -0.2) is 16.0 Å². The van der Waals surface area contributed by atoms with E-state index in [2.05, 4.69) is 18.7 Å². The molecular weight excluding hydrogens is 329 g/mol. The maximum atomic E-state index is 14.0. The van der Waals surface area contributed by atoms with Crippen LogP contribution in [0.3, 0.4) is 0 Å². The smallest absolute Gasteiger partial charge is 0.135 e. The molecule has 1 saturated carbocycles. The van der Waals surface area contributed by atoms with Crippen LogP contribution in [0.15, 0.2) is 40.8 Å². The molecule has 3 nitrogen and oxygen atoms in total. The lowest BCUT2D eigenvalue weighted by atomic mass is 9.90. The molecule has 1 aliphatic rings. The van der Waals surface area contributed by atoms with E-state index in [0.717, 1.165) is 37.0 Å². The summed E-state index contributed by atoms with van der Waals surface area (Å²) < 4.78 is 20.1. The quantitative estimate of drug-likeness (QED) is 0.619. The predicted octanol–water partition coefficient (Wildman–Crippen LogP) is 5.37. The van der Waals surface area contributed by atoms with Gasteiger partial charge >= 0.3 is 0 Å². The maximum absolute atomic E-state index is 14.0. The fourth-order valence-corrected chi connectivity index (χ4v) is 3.71. The SMILES string of the molecule is CCCC(O)(CCC)c1ccc(CN(Cc2ccccc2F)C2CC2)o1. The van der Waals surface area contributed by atoms with E-state index < -0.39 is 5.60 Å². The molecule has 1 N–H and O–H groups in total. The van der Waals surface area contributed by atoms with E-state index in [1.54, 1.807) is 6.07 Å². The molecule has 0 aliphatic heterocycles. The van der Waals surface area contributed by atoms with Gasteiger partial charge in [-0.2, -0.15) is 0 Å². The number of hydrogen-bond donors (Lipinski definition) is 1. The molecule has 1 aliphatic carbocycles. The number of hydrogen-bond acceptors (Lipinski definition) is 3. The first-order chi connectivity index (χ1) is 12.6. The minimum absolute atomic E-state index is 0.154. The molecule has 26 heavy (non-hydrogen) atoms. The van der Waals surface area contributed by atoms with Gasteiger partial charge in [-0.1, -0.05) is 44.9 Å². The van der Waals surface area contributed by atoms with Crippen molar-refractivity contribution in [1.82, 2.24) is 4.90 Å². The topological polar surface area (TPSA) is 36.6 Å². The van der Waals surface area contributed by atoms with Gasteiger partial charge in [-0.15, -0.1) is 0 Å². The minimum Gasteiger partial charge on any atom is -0.462 e. The maximum Gasteiger partial charge on any atom is 0.135 e. The number of halogens is 1. The number of benzene rings is 1. The number of nitrogens with zero attached hydrogens (tertiary/aromatic N) is 1. The Hall–Kier alpha value is -1.65. The third-order valence-corrected chi connectivity index (χ3v) is 5.20. The standard InChI is InChI=1S/C22H30FNO2/c1-3-13-22(25,14-4-2)21-12-11-19(26-21)16-24(18-9-10-18)15-17-7-5-6-8-20(17)23/h5-8,11-12,18,25H,3-4,9-10,13-16H2,1-2H3. The van der Waals surface area contributed by atoms with Gasteiger partial charge < -0.3 is 9.52 Å². The largest absolute Gasteiger partial charge is 0.462 e. The van der Waals surface area contributed by atoms with E-state index in [-0.39, 0.29) is 5.82 Å². The average Bonchev–Trinajstić information content (AvgIpc) is 3.35. The van der Waals surface area contributed by atoms with E-state index >= 15 is 0 Å². The lowest BCUT2D eigenvalue weighted by molar-refractivity contribution is -0.00525. The summed E-state index contributed by atoms with van der Waals surface area (Å²) >= 11 is 0. The van der Waals surface area contributed by atoms with Crippen molar-refractivity contribution < 1.29 is 13.9 Å². The summed E-state index contributed by atoms with van der Waals surface area (Å²) in [6.07, 6.45) is 5.53. The Bertz CT molecular complexity index is 702. The molecule has 4 heteroatoms. The van der Waals surface area contributed by atoms with Crippen molar-refractivity contribution in [2.45, 2.75) is 77.1 Å². The zero-order valence-corrected chi connectivity index (χ0v) is 15.9. The van der Waals surface area contributed by atoms with Crippen LogP contribution < -0.4 is 0 Å². The molecule has 1 aromatic heterocycles. The van der Waals surface area contributed by atoms with Crippen LogP contribution in [0.25, 0.3) is 0 Å². The van der Waals surface area contributed by atoms with Crippen LogP contribution in [0, 0.1) is 5.82 Å². The Morgan fingerprint density at radius 3 is 2.38 bits per heavy atom. The molecule has 0 amide bonds. The van der Waals surface area contributed by atoms with Crippen molar-refractivity contribution in [3.05, 3.63) is 59.3 Å². The van der Waals surface area contributed by atoms with Gasteiger partial charge in [0.1, 0.15) is 22.9 Å². The van der Waals surface area contributed by atoms with Crippen molar-refractivity contribution in [3.63, 3.8) is 0 Å². The highest BCUT2D eigenvalue weighted by Crippen LogP contribution is 2.34. The minimum atomic E-state index is -0.877. The number of rotatable bonds is 10. The van der Waals surface area contributed by atoms with Crippen LogP contribution in [0.1, 0.15) is 69.5 Å². The summed E-state index contributed by atoms with van der Waals surface area (Å²) in [6.45, 7) is 5.39. The fourth-order valence-electron chi connectivity index (χ4n) is 3.71. The summed E-state index contributed by atoms with van der Waals surface area (Å²) in [5.74, 6) is 1.35. The highest BCUT2D eigenvalue weighted by atomic mass is 19.1. The molecule has 0 spiro atoms. The monoisotopic (exact) mass is 359 g/mol. The summed E-state index contributed by atoms with van der Waals surface area (Å²) in [5.41, 5.74) is -0.155. The van der Waals surface area contributed by atoms with E-state index in [9.17, 15) is 9.50 Å². The second-order valence-corrected chi connectivity index (χ2v) is 7.53. The Morgan fingerprint density at radius 2 is 1.77 bits per heavy atom. The second-order valence-electron chi connectivity index (χ2n) is 7.53. The van der Waals surface area contributed by atoms with Crippen LogP contribution in [0.2, 0.25) is 0 Å². The molecule has 0 radical (unpaired) electrons. The lowest BCUT2D eigenvalue weighted by Crippen LogP contribution is -2.26. The Morgan fingerprint density at radius 1 is 1.08 bits per heavy atom. The summed E-state index contributed by atoms with van der Waals surface area (Å²) in [6, 6.07) is 11.3. The Balaban J connectivity index is 1.72. The fraction of sp³-hybridized carbons (Fsp3) is 0.545. The van der Waals surface area contributed by atoms with Gasteiger partial charge in [0.25, 0.3) is 0 Å². The van der Waals surface area contributed by atoms with Crippen LogP contribution in [0.4, 0.5) is 4.39 Å². The Labute approximate surface area is 155 Å². The zero-order valence-electron chi connectivity index (χ0n) is 15.9. The molecule has 1 fully saturated rings. The predicted molar refractivity (Wildman–Crippen MR) is 101 cm³/mol. The summed E-state index contributed by atoms with van der Waals surface area (Å²) in [5, 5.41) is 11.0. The number of aliphatic hydroxyl groups is 1. The molecule has 3 rings (SSSR count). The van der Waals surface area contributed by atoms with Crippen molar-refractivity contribution in [1.29, 1.82) is 0 Å². The molecule has 0 unspecified atom stereocenters. The van der Waals surface area contributed by atoms with Gasteiger partial charge in [0.2, 0.25) is 0 Å². The molecular formula is C22H30FNO2. The van der Waals surface area contributed by atoms with E-state index in [1.165, 1.54) is 6.07 Å². The third kappa shape index (κ3) is 4.54. The second kappa shape index (κ2) is 8.36. The lowest BCUT2D eigenvalue weighted by Gasteiger charge is -2.25. The van der Waals surface area contributed by atoms with Crippen LogP contribution in [-0.2, 0) is 18.7 Å². The molecule has 1 heterocycles. The van der Waals surface area contributed by atoms with Gasteiger partial charge in [-0.05, 0) is 43.9 Å². The highest BCUT2D eigenvalue weighted by Gasteiger charge is 2.33. The van der Waals surface area contributed by atoms with Gasteiger partial charge in [0.05, 0.1) is 6.54 Å². The van der Waals surface area contributed by atoms with E-state index in [0.29, 0.717) is 37.7 Å². The summed E-state index contributed by atoms with van der Waals surface area (Å²) in [7, 11) is 0.